The minimum Gasteiger partial charge on any atom is -0.289 e. The van der Waals surface area contributed by atoms with Gasteiger partial charge in [-0.25, -0.2) is 0 Å². The summed E-state index contributed by atoms with van der Waals surface area (Å²) in [6.07, 6.45) is 3.18. The van der Waals surface area contributed by atoms with Gasteiger partial charge in [0.25, 0.3) is 5.69 Å². The predicted octanol–water partition coefficient (Wildman–Crippen LogP) is 4.42. The second-order valence-electron chi connectivity index (χ2n) is 5.32. The third-order valence-corrected chi connectivity index (χ3v) is 3.45. The van der Waals surface area contributed by atoms with E-state index < -0.39 is 4.92 Å². The van der Waals surface area contributed by atoms with Gasteiger partial charge < -0.3 is 0 Å². The van der Waals surface area contributed by atoms with Crippen molar-refractivity contribution in [3.8, 4) is 0 Å². The summed E-state index contributed by atoms with van der Waals surface area (Å²) in [7, 11) is 0. The third kappa shape index (κ3) is 3.47. The molecule has 0 aliphatic heterocycles. The molecular formula is C18H17NO3. The first-order chi connectivity index (χ1) is 10.4. The maximum atomic E-state index is 12.4. The van der Waals surface area contributed by atoms with Gasteiger partial charge in [-0.1, -0.05) is 23.8 Å². The fraction of sp³-hybridized carbons (Fsp3) is 0.167. The SMILES string of the molecule is Cc1cc(C)c(C(=O)C=Cc2ccc([N+](=O)[O-])cc2)c(C)c1. The lowest BCUT2D eigenvalue weighted by Crippen LogP contribution is -2.02. The lowest BCUT2D eigenvalue weighted by Gasteiger charge is -2.08. The van der Waals surface area contributed by atoms with E-state index in [-0.39, 0.29) is 11.5 Å². The zero-order valence-corrected chi connectivity index (χ0v) is 12.8. The molecule has 0 bridgehead atoms. The molecule has 0 fully saturated rings. The highest BCUT2D eigenvalue weighted by atomic mass is 16.6. The van der Waals surface area contributed by atoms with Crippen molar-refractivity contribution in [1.82, 2.24) is 0 Å². The van der Waals surface area contributed by atoms with Crippen LogP contribution >= 0.6 is 0 Å². The second-order valence-corrected chi connectivity index (χ2v) is 5.32. The first-order valence-corrected chi connectivity index (χ1v) is 6.93. The van der Waals surface area contributed by atoms with E-state index in [9.17, 15) is 14.9 Å². The van der Waals surface area contributed by atoms with Gasteiger partial charge in [0.05, 0.1) is 4.92 Å². The molecule has 0 saturated carbocycles. The summed E-state index contributed by atoms with van der Waals surface area (Å²) < 4.78 is 0. The molecule has 0 unspecified atom stereocenters. The Morgan fingerprint density at radius 1 is 1.05 bits per heavy atom. The van der Waals surface area contributed by atoms with Crippen LogP contribution in [0.15, 0.2) is 42.5 Å². The average molecular weight is 295 g/mol. The van der Waals surface area contributed by atoms with Crippen LogP contribution in [0.4, 0.5) is 5.69 Å². The third-order valence-electron chi connectivity index (χ3n) is 3.45. The molecule has 2 aromatic carbocycles. The van der Waals surface area contributed by atoms with E-state index in [1.165, 1.54) is 18.2 Å². The fourth-order valence-electron chi connectivity index (χ4n) is 2.53. The number of hydrogen-bond acceptors (Lipinski definition) is 3. The average Bonchev–Trinajstić information content (AvgIpc) is 2.44. The quantitative estimate of drug-likeness (QED) is 0.363. The fourth-order valence-corrected chi connectivity index (χ4v) is 2.53. The first kappa shape index (κ1) is 15.6. The molecule has 0 radical (unpaired) electrons. The van der Waals surface area contributed by atoms with Crippen LogP contribution in [0, 0.1) is 30.9 Å². The smallest absolute Gasteiger partial charge is 0.269 e. The summed E-state index contributed by atoms with van der Waals surface area (Å²) in [5.41, 5.74) is 4.54. The Kier molecular flexibility index (Phi) is 4.51. The minimum absolute atomic E-state index is 0.0358. The van der Waals surface area contributed by atoms with Crippen molar-refractivity contribution >= 4 is 17.5 Å². The molecule has 0 aliphatic rings. The highest BCUT2D eigenvalue weighted by molar-refractivity contribution is 6.08. The lowest BCUT2D eigenvalue weighted by atomic mass is 9.96. The summed E-state index contributed by atoms with van der Waals surface area (Å²) in [4.78, 5) is 22.5. The van der Waals surface area contributed by atoms with Gasteiger partial charge in [0.1, 0.15) is 0 Å². The molecule has 4 heteroatoms. The molecule has 4 nitrogen and oxygen atoms in total. The van der Waals surface area contributed by atoms with E-state index in [1.807, 2.05) is 32.9 Å². The van der Waals surface area contributed by atoms with Crippen molar-refractivity contribution in [2.45, 2.75) is 20.8 Å². The van der Waals surface area contributed by atoms with Crippen molar-refractivity contribution in [1.29, 1.82) is 0 Å². The Bertz CT molecular complexity index is 735. The van der Waals surface area contributed by atoms with E-state index >= 15 is 0 Å². The van der Waals surface area contributed by atoms with Gasteiger partial charge in [-0.3, -0.25) is 14.9 Å². The Hall–Kier alpha value is -2.75. The maximum absolute atomic E-state index is 12.4. The number of nitrogens with zero attached hydrogens (tertiary/aromatic N) is 1. The predicted molar refractivity (Wildman–Crippen MR) is 87.1 cm³/mol. The van der Waals surface area contributed by atoms with E-state index in [1.54, 1.807) is 18.2 Å². The van der Waals surface area contributed by atoms with Crippen LogP contribution in [0.1, 0.15) is 32.6 Å². The minimum atomic E-state index is -0.447. The van der Waals surface area contributed by atoms with Crippen molar-refractivity contribution < 1.29 is 9.72 Å². The van der Waals surface area contributed by atoms with E-state index in [0.717, 1.165) is 22.3 Å². The normalized spacial score (nSPS) is 10.9. The van der Waals surface area contributed by atoms with Crippen LogP contribution in [0.5, 0.6) is 0 Å². The molecule has 0 aromatic heterocycles. The van der Waals surface area contributed by atoms with E-state index in [4.69, 9.17) is 0 Å². The van der Waals surface area contributed by atoms with Gasteiger partial charge in [0.2, 0.25) is 0 Å². The molecule has 2 aromatic rings. The Morgan fingerprint density at radius 3 is 2.09 bits per heavy atom. The zero-order valence-electron chi connectivity index (χ0n) is 12.8. The monoisotopic (exact) mass is 295 g/mol. The molecule has 2 rings (SSSR count). The van der Waals surface area contributed by atoms with Crippen LogP contribution in [-0.2, 0) is 0 Å². The highest BCUT2D eigenvalue weighted by Crippen LogP contribution is 2.18. The van der Waals surface area contributed by atoms with Crippen LogP contribution in [-0.4, -0.2) is 10.7 Å². The molecule has 112 valence electrons. The molecular weight excluding hydrogens is 278 g/mol. The summed E-state index contributed by atoms with van der Waals surface area (Å²) in [6.45, 7) is 5.85. The second kappa shape index (κ2) is 6.35. The Labute approximate surface area is 129 Å². The van der Waals surface area contributed by atoms with Crippen LogP contribution in [0.3, 0.4) is 0 Å². The highest BCUT2D eigenvalue weighted by Gasteiger charge is 2.10. The number of aryl methyl sites for hydroxylation is 3. The molecule has 0 aliphatic carbocycles. The molecule has 0 N–H and O–H groups in total. The number of ketones is 1. The standard InChI is InChI=1S/C18H17NO3/c1-12-10-13(2)18(14(3)11-12)17(20)9-6-15-4-7-16(8-5-15)19(21)22/h4-11H,1-3H3. The van der Waals surface area contributed by atoms with Crippen LogP contribution in [0.2, 0.25) is 0 Å². The topological polar surface area (TPSA) is 60.2 Å². The number of carbonyl (C=O) groups excluding carboxylic acids is 1. The summed E-state index contributed by atoms with van der Waals surface area (Å²) in [5, 5.41) is 10.6. The van der Waals surface area contributed by atoms with Gasteiger partial charge >= 0.3 is 0 Å². The summed E-state index contributed by atoms with van der Waals surface area (Å²) in [6, 6.07) is 10.1. The number of rotatable bonds is 4. The molecule has 0 saturated heterocycles. The lowest BCUT2D eigenvalue weighted by molar-refractivity contribution is -0.384. The summed E-state index contributed by atoms with van der Waals surface area (Å²) in [5.74, 6) is -0.0617. The maximum Gasteiger partial charge on any atom is 0.269 e. The van der Waals surface area contributed by atoms with E-state index in [0.29, 0.717) is 5.56 Å². The molecule has 0 amide bonds. The number of allylic oxidation sites excluding steroid dienone is 1. The largest absolute Gasteiger partial charge is 0.289 e. The van der Waals surface area contributed by atoms with Gasteiger partial charge in [-0.05, 0) is 55.7 Å². The Balaban J connectivity index is 2.23. The van der Waals surface area contributed by atoms with Gasteiger partial charge in [0, 0.05) is 17.7 Å². The molecule has 0 atom stereocenters. The molecule has 0 heterocycles. The number of nitro benzene ring substituents is 1. The number of nitro groups is 1. The van der Waals surface area contributed by atoms with Crippen molar-refractivity contribution in [2.24, 2.45) is 0 Å². The van der Waals surface area contributed by atoms with Crippen molar-refractivity contribution in [3.05, 3.63) is 80.4 Å². The summed E-state index contributed by atoms with van der Waals surface area (Å²) >= 11 is 0. The molecule has 22 heavy (non-hydrogen) atoms. The van der Waals surface area contributed by atoms with E-state index in [2.05, 4.69) is 0 Å². The van der Waals surface area contributed by atoms with Crippen LogP contribution < -0.4 is 0 Å². The number of benzene rings is 2. The van der Waals surface area contributed by atoms with Crippen molar-refractivity contribution in [2.75, 3.05) is 0 Å². The van der Waals surface area contributed by atoms with Gasteiger partial charge in [0.15, 0.2) is 5.78 Å². The number of hydrogen-bond donors (Lipinski definition) is 0. The number of carbonyl (C=O) groups is 1. The molecule has 0 spiro atoms. The Morgan fingerprint density at radius 2 is 1.59 bits per heavy atom. The zero-order chi connectivity index (χ0) is 16.3. The first-order valence-electron chi connectivity index (χ1n) is 6.93. The van der Waals surface area contributed by atoms with Gasteiger partial charge in [-0.2, -0.15) is 0 Å². The van der Waals surface area contributed by atoms with Crippen LogP contribution in [0.25, 0.3) is 6.08 Å². The van der Waals surface area contributed by atoms with Crippen molar-refractivity contribution in [3.63, 3.8) is 0 Å². The van der Waals surface area contributed by atoms with Gasteiger partial charge in [-0.15, -0.1) is 0 Å². The number of non-ortho nitro benzene ring substituents is 1.